The van der Waals surface area contributed by atoms with Crippen molar-refractivity contribution in [3.63, 3.8) is 0 Å². The Morgan fingerprint density at radius 1 is 0.895 bits per heavy atom. The van der Waals surface area contributed by atoms with Gasteiger partial charge < -0.3 is 0 Å². The smallest absolute Gasteiger partial charge is 0.224 e. The van der Waals surface area contributed by atoms with Crippen molar-refractivity contribution in [1.82, 2.24) is 0 Å². The van der Waals surface area contributed by atoms with Gasteiger partial charge in [0.05, 0.1) is 0 Å². The number of carbonyl (C=O) groups excluding carboxylic acids is 1. The minimum absolute atomic E-state index is 0.0895. The fourth-order valence-corrected chi connectivity index (χ4v) is 2.52. The Labute approximate surface area is 119 Å². The predicted molar refractivity (Wildman–Crippen MR) is 81.8 cm³/mol. The SMILES string of the molecule is CC(C)(C)c1ccc(C(=O)Sc2ccccc2)cc1. The maximum Gasteiger partial charge on any atom is 0.224 e. The van der Waals surface area contributed by atoms with Crippen LogP contribution < -0.4 is 0 Å². The summed E-state index contributed by atoms with van der Waals surface area (Å²) in [5.41, 5.74) is 2.12. The molecule has 2 rings (SSSR count). The molecule has 0 radical (unpaired) electrons. The molecule has 0 bridgehead atoms. The van der Waals surface area contributed by atoms with Gasteiger partial charge in [-0.2, -0.15) is 0 Å². The molecule has 0 aliphatic carbocycles. The lowest BCUT2D eigenvalue weighted by Crippen LogP contribution is -2.10. The number of hydrogen-bond donors (Lipinski definition) is 0. The van der Waals surface area contributed by atoms with E-state index < -0.39 is 0 Å². The number of rotatable bonds is 2. The highest BCUT2D eigenvalue weighted by molar-refractivity contribution is 8.14. The van der Waals surface area contributed by atoms with Gasteiger partial charge in [0.2, 0.25) is 5.12 Å². The summed E-state index contributed by atoms with van der Waals surface area (Å²) < 4.78 is 0. The molecule has 0 spiro atoms. The molecule has 2 heteroatoms. The predicted octanol–water partition coefficient (Wildman–Crippen LogP) is 4.92. The van der Waals surface area contributed by atoms with Crippen molar-refractivity contribution in [2.24, 2.45) is 0 Å². The quantitative estimate of drug-likeness (QED) is 0.721. The summed E-state index contributed by atoms with van der Waals surface area (Å²) in [6, 6.07) is 17.6. The van der Waals surface area contributed by atoms with E-state index >= 15 is 0 Å². The normalized spacial score (nSPS) is 11.3. The van der Waals surface area contributed by atoms with Crippen molar-refractivity contribution < 1.29 is 4.79 Å². The van der Waals surface area contributed by atoms with Crippen LogP contribution in [0.5, 0.6) is 0 Å². The van der Waals surface area contributed by atoms with E-state index in [0.717, 1.165) is 10.5 Å². The number of carbonyl (C=O) groups is 1. The molecule has 0 amide bonds. The van der Waals surface area contributed by atoms with Gasteiger partial charge in [0, 0.05) is 10.5 Å². The van der Waals surface area contributed by atoms with Gasteiger partial charge in [-0.25, -0.2) is 0 Å². The van der Waals surface area contributed by atoms with Gasteiger partial charge in [-0.05, 0) is 34.9 Å². The van der Waals surface area contributed by atoms with Crippen LogP contribution in [0.15, 0.2) is 59.5 Å². The van der Waals surface area contributed by atoms with Crippen LogP contribution in [0, 0.1) is 0 Å². The fraction of sp³-hybridized carbons (Fsp3) is 0.235. The topological polar surface area (TPSA) is 17.1 Å². The largest absolute Gasteiger partial charge is 0.281 e. The van der Waals surface area contributed by atoms with Gasteiger partial charge in [0.25, 0.3) is 0 Å². The zero-order valence-corrected chi connectivity index (χ0v) is 12.3. The Kier molecular flexibility index (Phi) is 4.11. The summed E-state index contributed by atoms with van der Waals surface area (Å²) in [4.78, 5) is 13.1. The third kappa shape index (κ3) is 3.71. The molecule has 0 aliphatic heterocycles. The molecular weight excluding hydrogens is 252 g/mol. The summed E-state index contributed by atoms with van der Waals surface area (Å²) in [7, 11) is 0. The summed E-state index contributed by atoms with van der Waals surface area (Å²) in [6.45, 7) is 6.51. The molecule has 0 saturated heterocycles. The molecule has 0 saturated carbocycles. The second-order valence-corrected chi connectivity index (χ2v) is 6.58. The lowest BCUT2D eigenvalue weighted by molar-refractivity contribution is 0.108. The minimum atomic E-state index is 0.0895. The molecule has 2 aromatic carbocycles. The second-order valence-electron chi connectivity index (χ2n) is 5.53. The van der Waals surface area contributed by atoms with Gasteiger partial charge in [-0.3, -0.25) is 4.79 Å². The maximum atomic E-state index is 12.1. The van der Waals surface area contributed by atoms with Crippen LogP contribution in [-0.2, 0) is 5.41 Å². The molecule has 98 valence electrons. The van der Waals surface area contributed by atoms with E-state index in [0.29, 0.717) is 0 Å². The first kappa shape index (κ1) is 13.9. The first-order valence-corrected chi connectivity index (χ1v) is 7.16. The molecule has 0 heterocycles. The lowest BCUT2D eigenvalue weighted by Gasteiger charge is -2.18. The monoisotopic (exact) mass is 270 g/mol. The molecule has 2 aromatic rings. The first-order chi connectivity index (χ1) is 8.97. The van der Waals surface area contributed by atoms with E-state index in [1.165, 1.54) is 17.3 Å². The van der Waals surface area contributed by atoms with Crippen LogP contribution in [0.4, 0.5) is 0 Å². The van der Waals surface area contributed by atoms with E-state index in [1.807, 2.05) is 54.6 Å². The molecule has 0 aliphatic rings. The van der Waals surface area contributed by atoms with Crippen LogP contribution in [0.2, 0.25) is 0 Å². The van der Waals surface area contributed by atoms with E-state index in [4.69, 9.17) is 0 Å². The van der Waals surface area contributed by atoms with Crippen LogP contribution in [0.1, 0.15) is 36.7 Å². The fourth-order valence-electron chi connectivity index (χ4n) is 1.76. The summed E-state index contributed by atoms with van der Waals surface area (Å²) in [6.07, 6.45) is 0. The van der Waals surface area contributed by atoms with Crippen molar-refractivity contribution in [3.8, 4) is 0 Å². The van der Waals surface area contributed by atoms with E-state index in [9.17, 15) is 4.79 Å². The molecular formula is C17H18OS. The van der Waals surface area contributed by atoms with E-state index in [-0.39, 0.29) is 10.5 Å². The summed E-state index contributed by atoms with van der Waals surface area (Å²) in [5, 5.41) is 0.0895. The Balaban J connectivity index is 2.12. The summed E-state index contributed by atoms with van der Waals surface area (Å²) >= 11 is 1.27. The van der Waals surface area contributed by atoms with Gasteiger partial charge in [-0.1, -0.05) is 63.2 Å². The zero-order chi connectivity index (χ0) is 13.9. The maximum absolute atomic E-state index is 12.1. The lowest BCUT2D eigenvalue weighted by atomic mass is 9.87. The summed E-state index contributed by atoms with van der Waals surface area (Å²) in [5.74, 6) is 0. The van der Waals surface area contributed by atoms with Crippen molar-refractivity contribution in [2.45, 2.75) is 31.1 Å². The van der Waals surface area contributed by atoms with Crippen molar-refractivity contribution >= 4 is 16.9 Å². The van der Waals surface area contributed by atoms with E-state index in [1.54, 1.807) is 0 Å². The molecule has 19 heavy (non-hydrogen) atoms. The molecule has 0 N–H and O–H groups in total. The molecule has 0 aromatic heterocycles. The average Bonchev–Trinajstić information content (AvgIpc) is 2.39. The van der Waals surface area contributed by atoms with Crippen molar-refractivity contribution in [3.05, 3.63) is 65.7 Å². The third-order valence-electron chi connectivity index (χ3n) is 2.94. The van der Waals surface area contributed by atoms with Gasteiger partial charge in [0.15, 0.2) is 0 Å². The van der Waals surface area contributed by atoms with Gasteiger partial charge in [0.1, 0.15) is 0 Å². The van der Waals surface area contributed by atoms with Crippen LogP contribution in [-0.4, -0.2) is 5.12 Å². The molecule has 1 nitrogen and oxygen atoms in total. The van der Waals surface area contributed by atoms with Crippen molar-refractivity contribution in [2.75, 3.05) is 0 Å². The van der Waals surface area contributed by atoms with Crippen LogP contribution in [0.25, 0.3) is 0 Å². The highest BCUT2D eigenvalue weighted by atomic mass is 32.2. The Bertz CT molecular complexity index is 550. The van der Waals surface area contributed by atoms with Gasteiger partial charge >= 0.3 is 0 Å². The number of benzene rings is 2. The minimum Gasteiger partial charge on any atom is -0.281 e. The van der Waals surface area contributed by atoms with Gasteiger partial charge in [-0.15, -0.1) is 0 Å². The van der Waals surface area contributed by atoms with E-state index in [2.05, 4.69) is 20.8 Å². The molecule has 0 unspecified atom stereocenters. The first-order valence-electron chi connectivity index (χ1n) is 6.34. The Hall–Kier alpha value is -1.54. The highest BCUT2D eigenvalue weighted by Gasteiger charge is 2.14. The Morgan fingerprint density at radius 3 is 2.00 bits per heavy atom. The third-order valence-corrected chi connectivity index (χ3v) is 3.87. The van der Waals surface area contributed by atoms with Crippen LogP contribution in [0.3, 0.4) is 0 Å². The highest BCUT2D eigenvalue weighted by Crippen LogP contribution is 2.25. The average molecular weight is 270 g/mol. The number of thioether (sulfide) groups is 1. The molecule has 0 atom stereocenters. The standard InChI is InChI=1S/C17H18OS/c1-17(2,3)14-11-9-13(10-12-14)16(18)19-15-7-5-4-6-8-15/h4-12H,1-3H3. The molecule has 0 fully saturated rings. The Morgan fingerprint density at radius 2 is 1.47 bits per heavy atom. The second kappa shape index (κ2) is 5.62. The van der Waals surface area contributed by atoms with Crippen molar-refractivity contribution in [1.29, 1.82) is 0 Å². The number of hydrogen-bond acceptors (Lipinski definition) is 2. The zero-order valence-electron chi connectivity index (χ0n) is 11.5. The van der Waals surface area contributed by atoms with Crippen LogP contribution >= 0.6 is 11.8 Å².